The van der Waals surface area contributed by atoms with Crippen molar-refractivity contribution in [2.75, 3.05) is 13.1 Å². The number of nitrogens with zero attached hydrogens (tertiary/aromatic N) is 1. The van der Waals surface area contributed by atoms with Gasteiger partial charge in [0.1, 0.15) is 11.6 Å². The lowest BCUT2D eigenvalue weighted by Crippen LogP contribution is -2.42. The fourth-order valence-corrected chi connectivity index (χ4v) is 3.04. The topological polar surface area (TPSA) is 59.5 Å². The molecule has 0 saturated carbocycles. The molecule has 3 rings (SSSR count). The Kier molecular flexibility index (Phi) is 4.48. The van der Waals surface area contributed by atoms with Gasteiger partial charge in [0, 0.05) is 19.1 Å². The molecule has 2 heterocycles. The van der Waals surface area contributed by atoms with Crippen LogP contribution in [0.3, 0.4) is 0 Å². The Morgan fingerprint density at radius 3 is 2.61 bits per heavy atom. The maximum atomic E-state index is 13.8. The Balaban J connectivity index is 1.71. The van der Waals surface area contributed by atoms with Crippen LogP contribution in [-0.4, -0.2) is 29.9 Å². The van der Waals surface area contributed by atoms with E-state index in [2.05, 4.69) is 0 Å². The highest BCUT2D eigenvalue weighted by Gasteiger charge is 2.27. The minimum Gasteiger partial charge on any atom is -0.451 e. The van der Waals surface area contributed by atoms with E-state index in [1.165, 1.54) is 6.07 Å². The van der Waals surface area contributed by atoms with Crippen molar-refractivity contribution in [3.63, 3.8) is 0 Å². The van der Waals surface area contributed by atoms with Crippen molar-refractivity contribution >= 4 is 5.91 Å². The van der Waals surface area contributed by atoms with Crippen molar-refractivity contribution in [3.8, 4) is 11.3 Å². The average molecular weight is 316 g/mol. The van der Waals surface area contributed by atoms with Crippen molar-refractivity contribution in [1.82, 2.24) is 4.90 Å². The Bertz CT molecular complexity index is 688. The van der Waals surface area contributed by atoms with Crippen LogP contribution in [0.1, 0.15) is 30.3 Å². The molecule has 1 aliphatic rings. The van der Waals surface area contributed by atoms with Crippen molar-refractivity contribution in [2.45, 2.75) is 25.8 Å². The number of piperidine rings is 1. The van der Waals surface area contributed by atoms with E-state index in [0.717, 1.165) is 12.8 Å². The van der Waals surface area contributed by atoms with Crippen molar-refractivity contribution in [2.24, 2.45) is 11.7 Å². The highest BCUT2D eigenvalue weighted by atomic mass is 19.1. The van der Waals surface area contributed by atoms with Gasteiger partial charge in [0.05, 0.1) is 5.56 Å². The number of hydrogen-bond acceptors (Lipinski definition) is 3. The molecule has 1 atom stereocenters. The average Bonchev–Trinajstić information content (AvgIpc) is 3.04. The number of nitrogens with two attached hydrogens (primary N) is 1. The number of hydrogen-bond donors (Lipinski definition) is 1. The number of rotatable bonds is 3. The summed E-state index contributed by atoms with van der Waals surface area (Å²) in [6.07, 6.45) is 1.81. The zero-order valence-electron chi connectivity index (χ0n) is 13.2. The standard InChI is InChI=1S/C18H21FN2O2/c1-12(20)13-8-10-21(11-9-13)18(22)17-7-6-16(23-17)14-4-2-3-5-15(14)19/h2-7,12-13H,8-11,20H2,1H3. The highest BCUT2D eigenvalue weighted by Crippen LogP contribution is 2.26. The van der Waals surface area contributed by atoms with Gasteiger partial charge in [-0.05, 0) is 49.9 Å². The molecule has 1 saturated heterocycles. The predicted molar refractivity (Wildman–Crippen MR) is 86.4 cm³/mol. The Morgan fingerprint density at radius 2 is 1.96 bits per heavy atom. The van der Waals surface area contributed by atoms with Gasteiger partial charge in [-0.25, -0.2) is 4.39 Å². The second kappa shape index (κ2) is 6.54. The Labute approximate surface area is 135 Å². The van der Waals surface area contributed by atoms with Crippen LogP contribution in [0.25, 0.3) is 11.3 Å². The van der Waals surface area contributed by atoms with E-state index < -0.39 is 0 Å². The Morgan fingerprint density at radius 1 is 1.26 bits per heavy atom. The minimum absolute atomic E-state index is 0.143. The molecule has 1 amide bonds. The lowest BCUT2D eigenvalue weighted by Gasteiger charge is -2.33. The number of carbonyl (C=O) groups excluding carboxylic acids is 1. The molecule has 122 valence electrons. The van der Waals surface area contributed by atoms with Gasteiger partial charge in [0.25, 0.3) is 5.91 Å². The summed E-state index contributed by atoms with van der Waals surface area (Å²) in [7, 11) is 0. The molecule has 2 N–H and O–H groups in total. The number of likely N-dealkylation sites (tertiary alicyclic amines) is 1. The van der Waals surface area contributed by atoms with Crippen LogP contribution >= 0.6 is 0 Å². The van der Waals surface area contributed by atoms with Crippen LogP contribution in [0.15, 0.2) is 40.8 Å². The lowest BCUT2D eigenvalue weighted by atomic mass is 9.91. The predicted octanol–water partition coefficient (Wildman–Crippen LogP) is 3.29. The zero-order valence-corrected chi connectivity index (χ0v) is 13.2. The van der Waals surface area contributed by atoms with Gasteiger partial charge in [0.2, 0.25) is 0 Å². The molecule has 1 aromatic carbocycles. The van der Waals surface area contributed by atoms with Crippen molar-refractivity contribution < 1.29 is 13.6 Å². The third-order valence-electron chi connectivity index (χ3n) is 4.53. The van der Waals surface area contributed by atoms with Gasteiger partial charge in [-0.2, -0.15) is 0 Å². The molecule has 0 radical (unpaired) electrons. The van der Waals surface area contributed by atoms with Gasteiger partial charge < -0.3 is 15.1 Å². The summed E-state index contributed by atoms with van der Waals surface area (Å²) in [6, 6.07) is 9.78. The molecule has 1 fully saturated rings. The number of amides is 1. The van der Waals surface area contributed by atoms with Gasteiger partial charge in [-0.15, -0.1) is 0 Å². The summed E-state index contributed by atoms with van der Waals surface area (Å²) in [5.74, 6) is 0.582. The van der Waals surface area contributed by atoms with Gasteiger partial charge in [0.15, 0.2) is 5.76 Å². The van der Waals surface area contributed by atoms with E-state index in [9.17, 15) is 9.18 Å². The number of carbonyl (C=O) groups is 1. The number of furan rings is 1. The van der Waals surface area contributed by atoms with Crippen molar-refractivity contribution in [3.05, 3.63) is 48.0 Å². The molecule has 1 aliphatic heterocycles. The molecule has 5 heteroatoms. The highest BCUT2D eigenvalue weighted by molar-refractivity contribution is 5.92. The molecule has 0 spiro atoms. The largest absolute Gasteiger partial charge is 0.451 e. The third kappa shape index (κ3) is 3.29. The molecule has 1 unspecified atom stereocenters. The van der Waals surface area contributed by atoms with Crippen LogP contribution in [0.4, 0.5) is 4.39 Å². The fraction of sp³-hybridized carbons (Fsp3) is 0.389. The molecule has 0 aliphatic carbocycles. The molecule has 4 nitrogen and oxygen atoms in total. The first-order valence-electron chi connectivity index (χ1n) is 7.96. The SMILES string of the molecule is CC(N)C1CCN(C(=O)c2ccc(-c3ccccc3F)o2)CC1. The zero-order chi connectivity index (χ0) is 16.4. The second-order valence-electron chi connectivity index (χ2n) is 6.13. The van der Waals surface area contributed by atoms with E-state index in [1.54, 1.807) is 35.2 Å². The van der Waals surface area contributed by atoms with Crippen LogP contribution in [0.2, 0.25) is 0 Å². The first-order chi connectivity index (χ1) is 11.1. The number of benzene rings is 1. The van der Waals surface area contributed by atoms with E-state index in [1.807, 2.05) is 6.92 Å². The summed E-state index contributed by atoms with van der Waals surface area (Å²) in [6.45, 7) is 3.37. The van der Waals surface area contributed by atoms with Gasteiger partial charge in [-0.3, -0.25) is 4.79 Å². The van der Waals surface area contributed by atoms with Gasteiger partial charge in [-0.1, -0.05) is 12.1 Å². The first kappa shape index (κ1) is 15.7. The summed E-state index contributed by atoms with van der Waals surface area (Å²) >= 11 is 0. The molecule has 2 aromatic rings. The molecular weight excluding hydrogens is 295 g/mol. The third-order valence-corrected chi connectivity index (χ3v) is 4.53. The van der Waals surface area contributed by atoms with E-state index in [4.69, 9.17) is 10.2 Å². The van der Waals surface area contributed by atoms with Crippen LogP contribution in [-0.2, 0) is 0 Å². The second-order valence-corrected chi connectivity index (χ2v) is 6.13. The maximum Gasteiger partial charge on any atom is 0.289 e. The Hall–Kier alpha value is -2.14. The quantitative estimate of drug-likeness (QED) is 0.945. The molecular formula is C18H21FN2O2. The smallest absolute Gasteiger partial charge is 0.289 e. The molecule has 0 bridgehead atoms. The van der Waals surface area contributed by atoms with Crippen molar-refractivity contribution in [1.29, 1.82) is 0 Å². The molecule has 1 aromatic heterocycles. The first-order valence-corrected chi connectivity index (χ1v) is 7.96. The summed E-state index contributed by atoms with van der Waals surface area (Å²) in [5.41, 5.74) is 6.29. The van der Waals surface area contributed by atoms with Crippen LogP contribution in [0.5, 0.6) is 0 Å². The summed E-state index contributed by atoms with van der Waals surface area (Å²) in [5, 5.41) is 0. The van der Waals surface area contributed by atoms with Gasteiger partial charge >= 0.3 is 0 Å². The fourth-order valence-electron chi connectivity index (χ4n) is 3.04. The minimum atomic E-state index is -0.362. The monoisotopic (exact) mass is 316 g/mol. The number of halogens is 1. The normalized spacial score (nSPS) is 17.3. The van der Waals surface area contributed by atoms with Crippen LogP contribution < -0.4 is 5.73 Å². The molecule has 23 heavy (non-hydrogen) atoms. The maximum absolute atomic E-state index is 13.8. The van der Waals surface area contributed by atoms with E-state index >= 15 is 0 Å². The van der Waals surface area contributed by atoms with Crippen LogP contribution in [0, 0.1) is 11.7 Å². The summed E-state index contributed by atoms with van der Waals surface area (Å²) in [4.78, 5) is 14.3. The van der Waals surface area contributed by atoms with E-state index in [-0.39, 0.29) is 23.5 Å². The van der Waals surface area contributed by atoms with E-state index in [0.29, 0.717) is 30.3 Å². The lowest BCUT2D eigenvalue weighted by molar-refractivity contribution is 0.0650. The summed E-state index contributed by atoms with van der Waals surface area (Å²) < 4.78 is 19.4.